The first-order valence-electron chi connectivity index (χ1n) is 7.70. The summed E-state index contributed by atoms with van der Waals surface area (Å²) >= 11 is 12.2. The van der Waals surface area contributed by atoms with Gasteiger partial charge in [-0.15, -0.1) is 0 Å². The third kappa shape index (κ3) is 3.88. The van der Waals surface area contributed by atoms with Crippen molar-refractivity contribution in [1.29, 1.82) is 0 Å². The lowest BCUT2D eigenvalue weighted by molar-refractivity contribution is -0.116. The summed E-state index contributed by atoms with van der Waals surface area (Å²) in [5, 5.41) is 6.37. The van der Waals surface area contributed by atoms with Gasteiger partial charge < -0.3 is 0 Å². The van der Waals surface area contributed by atoms with Crippen LogP contribution < -0.4 is 11.3 Å². The lowest BCUT2D eigenvalue weighted by Gasteiger charge is -2.07. The zero-order chi connectivity index (χ0) is 18.7. The van der Waals surface area contributed by atoms with Gasteiger partial charge in [-0.05, 0) is 35.4 Å². The molecule has 1 heterocycles. The molecule has 8 heteroatoms. The summed E-state index contributed by atoms with van der Waals surface area (Å²) in [6, 6.07) is 10.4. The minimum absolute atomic E-state index is 0.374. The summed E-state index contributed by atoms with van der Waals surface area (Å²) in [6.45, 7) is -0.206. The molecule has 0 aliphatic heterocycles. The normalized spacial score (nSPS) is 11.4. The van der Waals surface area contributed by atoms with Crippen molar-refractivity contribution >= 4 is 46.1 Å². The van der Waals surface area contributed by atoms with E-state index >= 15 is 0 Å². The molecule has 5 nitrogen and oxygen atoms in total. The first kappa shape index (κ1) is 18.4. The number of nitrogens with two attached hydrogens (primary N) is 1. The van der Waals surface area contributed by atoms with Crippen LogP contribution in [0.15, 0.2) is 42.5 Å². The maximum atomic E-state index is 13.1. The molecule has 1 amide bonds. The number of hydrazine groups is 1. The monoisotopic (exact) mass is 392 g/mol. The van der Waals surface area contributed by atoms with E-state index in [4.69, 9.17) is 29.0 Å². The number of rotatable bonds is 5. The Labute approximate surface area is 159 Å². The summed E-state index contributed by atoms with van der Waals surface area (Å²) in [5.74, 6) is 4.63. The fourth-order valence-corrected chi connectivity index (χ4v) is 3.05. The SMILES string of the molecule is NNC(=O)C=Cc1nn(Cc2ccc(Cl)cc2Cl)c2cc(CF)ccc12. The zero-order valence-corrected chi connectivity index (χ0v) is 15.1. The fraction of sp³-hybridized carbons (Fsp3) is 0.111. The lowest BCUT2D eigenvalue weighted by atomic mass is 10.1. The fourth-order valence-electron chi connectivity index (χ4n) is 2.59. The Hall–Kier alpha value is -2.41. The molecular weight excluding hydrogens is 378 g/mol. The number of benzene rings is 2. The molecule has 26 heavy (non-hydrogen) atoms. The number of carbonyl (C=O) groups excluding carboxylic acids is 1. The maximum Gasteiger partial charge on any atom is 0.257 e. The van der Waals surface area contributed by atoms with E-state index in [2.05, 4.69) is 5.10 Å². The number of alkyl halides is 1. The number of hydrogen-bond acceptors (Lipinski definition) is 3. The van der Waals surface area contributed by atoms with Crippen LogP contribution >= 0.6 is 23.2 Å². The molecule has 0 saturated heterocycles. The number of fused-ring (bicyclic) bond motifs is 1. The zero-order valence-electron chi connectivity index (χ0n) is 13.5. The highest BCUT2D eigenvalue weighted by Gasteiger charge is 2.12. The molecule has 0 atom stereocenters. The third-order valence-electron chi connectivity index (χ3n) is 3.87. The summed E-state index contributed by atoms with van der Waals surface area (Å²) < 4.78 is 14.8. The molecule has 0 fully saturated rings. The van der Waals surface area contributed by atoms with Crippen LogP contribution in [0.25, 0.3) is 17.0 Å². The van der Waals surface area contributed by atoms with Gasteiger partial charge in [0.2, 0.25) is 0 Å². The molecule has 0 bridgehead atoms. The quantitative estimate of drug-likeness (QED) is 0.299. The maximum absolute atomic E-state index is 13.1. The standard InChI is InChI=1S/C18H15Cl2FN4O/c19-13-3-2-12(15(20)8-13)10-25-17-7-11(9-21)1-4-14(17)16(24-25)5-6-18(26)23-22/h1-8H,9-10,22H2,(H,23,26). The van der Waals surface area contributed by atoms with Crippen LogP contribution in [0.5, 0.6) is 0 Å². The Morgan fingerprint density at radius 2 is 2.08 bits per heavy atom. The van der Waals surface area contributed by atoms with Gasteiger partial charge in [-0.3, -0.25) is 14.9 Å². The van der Waals surface area contributed by atoms with E-state index in [1.54, 1.807) is 41.1 Å². The van der Waals surface area contributed by atoms with Gasteiger partial charge >= 0.3 is 0 Å². The minimum atomic E-state index is -0.580. The molecular formula is C18H15Cl2FN4O. The van der Waals surface area contributed by atoms with Crippen molar-refractivity contribution in [2.24, 2.45) is 5.84 Å². The molecule has 3 rings (SSSR count). The number of nitrogens with one attached hydrogen (secondary N) is 1. The number of aromatic nitrogens is 2. The Kier molecular flexibility index (Phi) is 5.56. The molecule has 0 aliphatic rings. The average molecular weight is 393 g/mol. The molecule has 3 aromatic rings. The first-order chi connectivity index (χ1) is 12.5. The second-order valence-corrected chi connectivity index (χ2v) is 6.45. The van der Waals surface area contributed by atoms with Crippen molar-refractivity contribution in [1.82, 2.24) is 15.2 Å². The average Bonchev–Trinajstić information content (AvgIpc) is 2.98. The predicted octanol–water partition coefficient (Wildman–Crippen LogP) is 3.86. The van der Waals surface area contributed by atoms with E-state index in [1.165, 1.54) is 6.08 Å². The third-order valence-corrected chi connectivity index (χ3v) is 4.46. The summed E-state index contributed by atoms with van der Waals surface area (Å²) in [6.07, 6.45) is 2.84. The number of nitrogens with zero attached hydrogens (tertiary/aromatic N) is 2. The Balaban J connectivity index is 2.08. The van der Waals surface area contributed by atoms with Crippen LogP contribution in [0.2, 0.25) is 10.0 Å². The second kappa shape index (κ2) is 7.86. The van der Waals surface area contributed by atoms with Crippen LogP contribution in [0.3, 0.4) is 0 Å². The summed E-state index contributed by atoms with van der Waals surface area (Å²) in [7, 11) is 0. The van der Waals surface area contributed by atoms with E-state index in [0.29, 0.717) is 27.8 Å². The van der Waals surface area contributed by atoms with Gasteiger partial charge in [0.1, 0.15) is 6.67 Å². The Bertz CT molecular complexity index is 1000. The van der Waals surface area contributed by atoms with Gasteiger partial charge in [0.15, 0.2) is 0 Å². The van der Waals surface area contributed by atoms with E-state index < -0.39 is 12.6 Å². The highest BCUT2D eigenvalue weighted by molar-refractivity contribution is 6.35. The van der Waals surface area contributed by atoms with Crippen LogP contribution in [0.1, 0.15) is 16.8 Å². The Morgan fingerprint density at radius 1 is 1.27 bits per heavy atom. The molecule has 0 aliphatic carbocycles. The van der Waals surface area contributed by atoms with Crippen molar-refractivity contribution in [3.05, 3.63) is 69.3 Å². The van der Waals surface area contributed by atoms with Crippen molar-refractivity contribution in [3.63, 3.8) is 0 Å². The smallest absolute Gasteiger partial charge is 0.257 e. The van der Waals surface area contributed by atoms with Crippen molar-refractivity contribution in [2.75, 3.05) is 0 Å². The molecule has 0 spiro atoms. The molecule has 0 saturated carbocycles. The van der Waals surface area contributed by atoms with E-state index in [1.807, 2.05) is 11.5 Å². The first-order valence-corrected chi connectivity index (χ1v) is 8.45. The topological polar surface area (TPSA) is 72.9 Å². The van der Waals surface area contributed by atoms with E-state index in [9.17, 15) is 9.18 Å². The predicted molar refractivity (Wildman–Crippen MR) is 101 cm³/mol. The molecule has 0 radical (unpaired) electrons. The molecule has 2 aromatic carbocycles. The lowest BCUT2D eigenvalue weighted by Crippen LogP contribution is -2.27. The second-order valence-electron chi connectivity index (χ2n) is 5.61. The number of amides is 1. The Morgan fingerprint density at radius 3 is 2.77 bits per heavy atom. The summed E-state index contributed by atoms with van der Waals surface area (Å²) in [4.78, 5) is 11.4. The van der Waals surface area contributed by atoms with Crippen molar-refractivity contribution < 1.29 is 9.18 Å². The largest absolute Gasteiger partial charge is 0.291 e. The number of halogens is 3. The van der Waals surface area contributed by atoms with Gasteiger partial charge in [-0.1, -0.05) is 41.4 Å². The number of carbonyl (C=O) groups is 1. The van der Waals surface area contributed by atoms with Crippen LogP contribution in [-0.4, -0.2) is 15.7 Å². The van der Waals surface area contributed by atoms with Crippen LogP contribution in [0.4, 0.5) is 4.39 Å². The van der Waals surface area contributed by atoms with Gasteiger partial charge in [-0.25, -0.2) is 10.2 Å². The van der Waals surface area contributed by atoms with Crippen LogP contribution in [0, 0.1) is 0 Å². The molecule has 3 N–H and O–H groups in total. The highest BCUT2D eigenvalue weighted by Crippen LogP contribution is 2.26. The summed E-state index contributed by atoms with van der Waals surface area (Å²) in [5.41, 5.74) is 4.68. The van der Waals surface area contributed by atoms with Crippen LogP contribution in [-0.2, 0) is 18.0 Å². The van der Waals surface area contributed by atoms with E-state index in [0.717, 1.165) is 16.5 Å². The van der Waals surface area contributed by atoms with Gasteiger partial charge in [0, 0.05) is 21.5 Å². The highest BCUT2D eigenvalue weighted by atomic mass is 35.5. The number of hydrogen-bond donors (Lipinski definition) is 2. The minimum Gasteiger partial charge on any atom is -0.291 e. The van der Waals surface area contributed by atoms with E-state index in [-0.39, 0.29) is 0 Å². The molecule has 1 aromatic heterocycles. The van der Waals surface area contributed by atoms with Gasteiger partial charge in [-0.2, -0.15) is 5.10 Å². The van der Waals surface area contributed by atoms with Crippen molar-refractivity contribution in [2.45, 2.75) is 13.2 Å². The van der Waals surface area contributed by atoms with Crippen molar-refractivity contribution in [3.8, 4) is 0 Å². The molecule has 134 valence electrons. The molecule has 0 unspecified atom stereocenters. The van der Waals surface area contributed by atoms with Gasteiger partial charge in [0.25, 0.3) is 5.91 Å². The van der Waals surface area contributed by atoms with Gasteiger partial charge in [0.05, 0.1) is 17.8 Å².